The maximum Gasteiger partial charge on any atom is 0.306 e. The third-order valence-electron chi connectivity index (χ3n) is 10.1. The number of carbonyl (C=O) groups excluding carboxylic acids is 4. The van der Waals surface area contributed by atoms with Crippen molar-refractivity contribution in [3.63, 3.8) is 0 Å². The summed E-state index contributed by atoms with van der Waals surface area (Å²) in [5.41, 5.74) is 1.90. The average molecular weight is 737 g/mol. The number of anilines is 1. The molecule has 0 aromatic heterocycles. The Labute approximate surface area is 296 Å². The van der Waals surface area contributed by atoms with Gasteiger partial charge in [0.05, 0.1) is 36.6 Å². The first-order valence-corrected chi connectivity index (χ1v) is 17.8. The van der Waals surface area contributed by atoms with Gasteiger partial charge in [0.1, 0.15) is 18.2 Å². The van der Waals surface area contributed by atoms with Gasteiger partial charge in [-0.15, -0.1) is 13.2 Å². The van der Waals surface area contributed by atoms with Crippen molar-refractivity contribution in [1.82, 2.24) is 10.2 Å². The Bertz CT molecular complexity index is 1560. The Morgan fingerprint density at radius 2 is 1.84 bits per heavy atom. The zero-order valence-electron chi connectivity index (χ0n) is 28.3. The normalized spacial score (nSPS) is 26.5. The highest BCUT2D eigenvalue weighted by molar-refractivity contribution is 9.09. The summed E-state index contributed by atoms with van der Waals surface area (Å²) in [6.45, 7) is 13.0. The highest BCUT2D eigenvalue weighted by atomic mass is 79.9. The monoisotopic (exact) mass is 735 g/mol. The third kappa shape index (κ3) is 6.72. The number of hydrogen-bond acceptors (Lipinski definition) is 7. The molecule has 1 unspecified atom stereocenters. The van der Waals surface area contributed by atoms with Crippen LogP contribution < -0.4 is 10.2 Å². The summed E-state index contributed by atoms with van der Waals surface area (Å²) in [4.78, 5) is 59.3. The molecule has 11 heteroatoms. The van der Waals surface area contributed by atoms with E-state index in [1.54, 1.807) is 17.1 Å². The molecule has 2 bridgehead atoms. The molecule has 2 aromatic carbocycles. The molecule has 10 nitrogen and oxygen atoms in total. The van der Waals surface area contributed by atoms with E-state index < -0.39 is 59.5 Å². The summed E-state index contributed by atoms with van der Waals surface area (Å²) in [5, 5.41) is 13.6. The number of aliphatic hydroxyl groups is 1. The largest absolute Gasteiger partial charge is 0.463 e. The summed E-state index contributed by atoms with van der Waals surface area (Å²) in [7, 11) is 0. The van der Waals surface area contributed by atoms with Crippen molar-refractivity contribution in [2.75, 3.05) is 24.7 Å². The highest BCUT2D eigenvalue weighted by Crippen LogP contribution is 2.60. The van der Waals surface area contributed by atoms with E-state index in [0.717, 1.165) is 22.4 Å². The number of amides is 3. The number of likely N-dealkylation sites (tertiary alicyclic amines) is 1. The fourth-order valence-corrected chi connectivity index (χ4v) is 8.84. The lowest BCUT2D eigenvalue weighted by Crippen LogP contribution is -2.59. The molecule has 49 heavy (non-hydrogen) atoms. The standard InChI is InChI=1S/C38H46BrN3O7/c1-6-9-18-29(44)48-22-28(25-16-11-10-12-17-25)40-35(45)30-31-36(46)42(26(8-3)21-43)34(38(31)20-27(39)33(30)49-38)37(47)41(19-7-2)32-23(4)14-13-15-24(32)5/h6-7,10-17,26-28,30-31,33-34,43H,1-2,8-9,18-22H2,3-5H3,(H,40,45)/t26-,27?,28+,30-,31+,33-,34-,38+/m0/s1. The molecule has 3 fully saturated rings. The molecule has 5 rings (SSSR count). The number of fused-ring (bicyclic) bond motifs is 1. The molecule has 3 saturated heterocycles. The summed E-state index contributed by atoms with van der Waals surface area (Å²) in [6, 6.07) is 12.5. The molecule has 0 saturated carbocycles. The number of benzene rings is 2. The molecule has 0 radical (unpaired) electrons. The van der Waals surface area contributed by atoms with Gasteiger partial charge in [-0.2, -0.15) is 0 Å². The van der Waals surface area contributed by atoms with Crippen LogP contribution in [0.3, 0.4) is 0 Å². The molecular formula is C38H46BrN3O7. The molecule has 262 valence electrons. The molecule has 8 atom stereocenters. The topological polar surface area (TPSA) is 125 Å². The molecule has 2 aromatic rings. The van der Waals surface area contributed by atoms with Gasteiger partial charge in [-0.05, 0) is 49.8 Å². The Hall–Kier alpha value is -3.80. The number of allylic oxidation sites excluding steroid dienone is 1. The molecular weight excluding hydrogens is 690 g/mol. The van der Waals surface area contributed by atoms with Crippen LogP contribution in [0.15, 0.2) is 73.8 Å². The maximum atomic E-state index is 15.0. The number of hydrogen-bond donors (Lipinski definition) is 2. The van der Waals surface area contributed by atoms with Crippen LogP contribution in [0.4, 0.5) is 5.69 Å². The Morgan fingerprint density at radius 1 is 1.14 bits per heavy atom. The first-order chi connectivity index (χ1) is 23.5. The second-order valence-corrected chi connectivity index (χ2v) is 14.3. The van der Waals surface area contributed by atoms with Crippen LogP contribution in [0.1, 0.15) is 55.3 Å². The molecule has 3 heterocycles. The number of nitrogens with zero attached hydrogens (tertiary/aromatic N) is 2. The number of esters is 1. The molecule has 0 aliphatic carbocycles. The van der Waals surface area contributed by atoms with E-state index in [0.29, 0.717) is 19.3 Å². The van der Waals surface area contributed by atoms with Crippen molar-refractivity contribution in [3.8, 4) is 0 Å². The highest BCUT2D eigenvalue weighted by Gasteiger charge is 2.77. The summed E-state index contributed by atoms with van der Waals surface area (Å²) in [5.74, 6) is -3.52. The van der Waals surface area contributed by atoms with Gasteiger partial charge in [-0.25, -0.2) is 0 Å². The SMILES string of the molecule is C=CCCC(=O)OC[C@@H](NC(=O)[C@@H]1[C@H]2O[C@@]3(CC2Br)[C@H](C(=O)N(CC=C)c2c(C)cccc2C)N([C@@H](CC)CO)C(=O)[C@@H]13)c1ccccc1. The van der Waals surface area contributed by atoms with E-state index >= 15 is 0 Å². The Kier molecular flexibility index (Phi) is 11.5. The van der Waals surface area contributed by atoms with Crippen LogP contribution in [0.2, 0.25) is 0 Å². The number of aliphatic hydroxyl groups excluding tert-OH is 1. The van der Waals surface area contributed by atoms with E-state index in [4.69, 9.17) is 9.47 Å². The summed E-state index contributed by atoms with van der Waals surface area (Å²) < 4.78 is 12.3. The minimum Gasteiger partial charge on any atom is -0.463 e. The zero-order valence-corrected chi connectivity index (χ0v) is 29.9. The van der Waals surface area contributed by atoms with Crippen LogP contribution in [-0.2, 0) is 28.7 Å². The smallest absolute Gasteiger partial charge is 0.306 e. The van der Waals surface area contributed by atoms with E-state index in [9.17, 15) is 24.3 Å². The lowest BCUT2D eigenvalue weighted by atomic mass is 9.70. The van der Waals surface area contributed by atoms with Crippen molar-refractivity contribution in [3.05, 3.63) is 90.5 Å². The van der Waals surface area contributed by atoms with Crippen LogP contribution >= 0.6 is 15.9 Å². The first-order valence-electron chi connectivity index (χ1n) is 16.9. The van der Waals surface area contributed by atoms with Gasteiger partial charge in [0.2, 0.25) is 11.8 Å². The average Bonchev–Trinajstić information content (AvgIpc) is 3.69. The van der Waals surface area contributed by atoms with Gasteiger partial charge in [0, 0.05) is 23.5 Å². The minimum absolute atomic E-state index is 0.104. The van der Waals surface area contributed by atoms with Gasteiger partial charge < -0.3 is 29.7 Å². The molecule has 1 spiro atoms. The number of nitrogens with one attached hydrogen (secondary N) is 1. The summed E-state index contributed by atoms with van der Waals surface area (Å²) in [6.07, 6.45) is 3.94. The lowest BCUT2D eigenvalue weighted by Gasteiger charge is -2.39. The number of rotatable bonds is 15. The van der Waals surface area contributed by atoms with E-state index in [2.05, 4.69) is 34.4 Å². The van der Waals surface area contributed by atoms with Gasteiger partial charge >= 0.3 is 5.97 Å². The fourth-order valence-electron chi connectivity index (χ4n) is 7.90. The number of aryl methyl sites for hydroxylation is 2. The number of alkyl halides is 1. The predicted octanol–water partition coefficient (Wildman–Crippen LogP) is 4.71. The number of halogens is 1. The van der Waals surface area contributed by atoms with Crippen LogP contribution in [0.25, 0.3) is 0 Å². The minimum atomic E-state index is -1.33. The number of ether oxygens (including phenoxy) is 2. The van der Waals surface area contributed by atoms with E-state index in [1.807, 2.05) is 69.3 Å². The second kappa shape index (κ2) is 15.4. The van der Waals surface area contributed by atoms with Gasteiger partial charge in [0.15, 0.2) is 0 Å². The van der Waals surface area contributed by atoms with Crippen LogP contribution in [-0.4, -0.2) is 82.1 Å². The quantitative estimate of drug-likeness (QED) is 0.154. The van der Waals surface area contributed by atoms with E-state index in [-0.39, 0.29) is 36.9 Å². The van der Waals surface area contributed by atoms with Crippen LogP contribution in [0, 0.1) is 25.7 Å². The van der Waals surface area contributed by atoms with Gasteiger partial charge in [-0.1, -0.05) is 83.5 Å². The fraction of sp³-hybridized carbons (Fsp3) is 0.474. The predicted molar refractivity (Wildman–Crippen MR) is 190 cm³/mol. The third-order valence-corrected chi connectivity index (χ3v) is 11.0. The van der Waals surface area contributed by atoms with Crippen molar-refractivity contribution in [2.45, 2.75) is 81.1 Å². The first kappa shape index (κ1) is 36.5. The summed E-state index contributed by atoms with van der Waals surface area (Å²) >= 11 is 3.74. The van der Waals surface area contributed by atoms with Crippen molar-refractivity contribution >= 4 is 45.3 Å². The lowest BCUT2D eigenvalue weighted by molar-refractivity contribution is -0.146. The maximum absolute atomic E-state index is 15.0. The zero-order chi connectivity index (χ0) is 35.5. The number of carbonyl (C=O) groups is 4. The van der Waals surface area contributed by atoms with E-state index in [1.165, 1.54) is 4.90 Å². The Morgan fingerprint density at radius 3 is 2.45 bits per heavy atom. The molecule has 3 aliphatic heterocycles. The second-order valence-electron chi connectivity index (χ2n) is 13.1. The number of para-hydroxylation sites is 1. The van der Waals surface area contributed by atoms with Crippen molar-refractivity contribution in [1.29, 1.82) is 0 Å². The van der Waals surface area contributed by atoms with Crippen molar-refractivity contribution in [2.24, 2.45) is 11.8 Å². The molecule has 3 aliphatic rings. The van der Waals surface area contributed by atoms with Crippen LogP contribution in [0.5, 0.6) is 0 Å². The van der Waals surface area contributed by atoms with Crippen molar-refractivity contribution < 1.29 is 33.8 Å². The molecule has 3 amide bonds. The molecule has 2 N–H and O–H groups in total. The Balaban J connectivity index is 1.53. The van der Waals surface area contributed by atoms with Gasteiger partial charge in [0.25, 0.3) is 5.91 Å². The van der Waals surface area contributed by atoms with Gasteiger partial charge in [-0.3, -0.25) is 19.2 Å².